The number of carbonyl (C=O) groups excluding carboxylic acids is 2. The minimum atomic E-state index is -0.774. The molecule has 2 amide bonds. The standard InChI is InChI=1S/C23H29BN2O4/c1-22(2)23(3,4)30-24(29-22)18-12-10-17(11-13-18)14-19(21(25)28)26-20(27)15-16-8-6-5-7-9-16/h5-13,19H,14-15H2,1-4H3,(H2,25,28)(H,26,27)/t19-/m1/s1. The van der Waals surface area contributed by atoms with Gasteiger partial charge in [0, 0.05) is 6.42 Å². The molecule has 0 aromatic heterocycles. The topological polar surface area (TPSA) is 90.6 Å². The molecule has 1 atom stereocenters. The summed E-state index contributed by atoms with van der Waals surface area (Å²) in [6, 6.07) is 16.2. The molecular formula is C23H29BN2O4. The summed E-state index contributed by atoms with van der Waals surface area (Å²) in [5.41, 5.74) is 7.38. The number of rotatable bonds is 7. The SMILES string of the molecule is CC1(C)OB(c2ccc(C[C@@H](NC(=O)Cc3ccccc3)C(N)=O)cc2)OC1(C)C. The van der Waals surface area contributed by atoms with Crippen molar-refractivity contribution in [3.8, 4) is 0 Å². The van der Waals surface area contributed by atoms with Crippen LogP contribution in [0.15, 0.2) is 54.6 Å². The van der Waals surface area contributed by atoms with Crippen molar-refractivity contribution >= 4 is 24.4 Å². The molecule has 1 aliphatic heterocycles. The van der Waals surface area contributed by atoms with Crippen LogP contribution >= 0.6 is 0 Å². The summed E-state index contributed by atoms with van der Waals surface area (Å²) in [5.74, 6) is -0.801. The van der Waals surface area contributed by atoms with E-state index in [9.17, 15) is 9.59 Å². The number of nitrogens with one attached hydrogen (secondary N) is 1. The van der Waals surface area contributed by atoms with Crippen molar-refractivity contribution in [1.29, 1.82) is 0 Å². The zero-order valence-corrected chi connectivity index (χ0v) is 18.0. The molecule has 0 bridgehead atoms. The van der Waals surface area contributed by atoms with Gasteiger partial charge in [-0.2, -0.15) is 0 Å². The second-order valence-electron chi connectivity index (χ2n) is 8.72. The van der Waals surface area contributed by atoms with Crippen LogP contribution in [0, 0.1) is 0 Å². The Morgan fingerprint density at radius 1 is 0.933 bits per heavy atom. The van der Waals surface area contributed by atoms with E-state index in [1.807, 2.05) is 82.3 Å². The Kier molecular flexibility index (Phi) is 6.34. The number of carbonyl (C=O) groups is 2. The van der Waals surface area contributed by atoms with Crippen molar-refractivity contribution in [2.24, 2.45) is 5.73 Å². The predicted octanol–water partition coefficient (Wildman–Crippen LogP) is 1.74. The molecule has 0 aliphatic carbocycles. The molecule has 0 spiro atoms. The second-order valence-corrected chi connectivity index (χ2v) is 8.72. The molecule has 0 unspecified atom stereocenters. The van der Waals surface area contributed by atoms with Crippen LogP contribution in [0.1, 0.15) is 38.8 Å². The van der Waals surface area contributed by atoms with Gasteiger partial charge in [0.1, 0.15) is 6.04 Å². The van der Waals surface area contributed by atoms with Crippen LogP contribution in [0.4, 0.5) is 0 Å². The highest BCUT2D eigenvalue weighted by Crippen LogP contribution is 2.36. The van der Waals surface area contributed by atoms with Gasteiger partial charge in [-0.25, -0.2) is 0 Å². The molecule has 158 valence electrons. The van der Waals surface area contributed by atoms with Crippen LogP contribution in [0.2, 0.25) is 0 Å². The fourth-order valence-electron chi connectivity index (χ4n) is 3.28. The Balaban J connectivity index is 1.62. The summed E-state index contributed by atoms with van der Waals surface area (Å²) < 4.78 is 12.1. The maximum atomic E-state index is 12.3. The van der Waals surface area contributed by atoms with Crippen molar-refractivity contribution in [1.82, 2.24) is 5.32 Å². The van der Waals surface area contributed by atoms with Crippen molar-refractivity contribution in [2.45, 2.75) is 57.8 Å². The Morgan fingerprint density at radius 2 is 1.50 bits per heavy atom. The van der Waals surface area contributed by atoms with Gasteiger partial charge in [-0.15, -0.1) is 0 Å². The predicted molar refractivity (Wildman–Crippen MR) is 117 cm³/mol. The molecule has 2 aromatic carbocycles. The Morgan fingerprint density at radius 3 is 2.03 bits per heavy atom. The van der Waals surface area contributed by atoms with Gasteiger partial charge in [0.2, 0.25) is 11.8 Å². The van der Waals surface area contributed by atoms with E-state index in [-0.39, 0.29) is 12.3 Å². The van der Waals surface area contributed by atoms with Crippen LogP contribution in [0.3, 0.4) is 0 Å². The van der Waals surface area contributed by atoms with E-state index < -0.39 is 30.3 Å². The molecular weight excluding hydrogens is 379 g/mol. The van der Waals surface area contributed by atoms with E-state index in [0.717, 1.165) is 16.6 Å². The highest BCUT2D eigenvalue weighted by atomic mass is 16.7. The summed E-state index contributed by atoms with van der Waals surface area (Å²) in [6.45, 7) is 8.04. The van der Waals surface area contributed by atoms with Gasteiger partial charge in [0.05, 0.1) is 17.6 Å². The number of hydrogen-bond acceptors (Lipinski definition) is 4. The van der Waals surface area contributed by atoms with Crippen molar-refractivity contribution in [3.63, 3.8) is 0 Å². The first-order chi connectivity index (χ1) is 14.1. The molecule has 1 aliphatic rings. The minimum Gasteiger partial charge on any atom is -0.399 e. The molecule has 3 N–H and O–H groups in total. The third-order valence-corrected chi connectivity index (χ3v) is 5.83. The number of benzene rings is 2. The zero-order valence-electron chi connectivity index (χ0n) is 18.0. The normalized spacial score (nSPS) is 18.1. The molecule has 6 nitrogen and oxygen atoms in total. The molecule has 0 saturated carbocycles. The van der Waals surface area contributed by atoms with Gasteiger partial charge >= 0.3 is 7.12 Å². The van der Waals surface area contributed by atoms with Gasteiger partial charge in [0.15, 0.2) is 0 Å². The number of amides is 2. The van der Waals surface area contributed by atoms with Crippen LogP contribution < -0.4 is 16.5 Å². The van der Waals surface area contributed by atoms with E-state index in [1.165, 1.54) is 0 Å². The molecule has 2 aromatic rings. The quantitative estimate of drug-likeness (QED) is 0.683. The number of primary amides is 1. The highest BCUT2D eigenvalue weighted by molar-refractivity contribution is 6.62. The van der Waals surface area contributed by atoms with E-state index in [2.05, 4.69) is 5.32 Å². The van der Waals surface area contributed by atoms with Gasteiger partial charge in [0.25, 0.3) is 0 Å². The summed E-state index contributed by atoms with van der Waals surface area (Å²) >= 11 is 0. The van der Waals surface area contributed by atoms with E-state index >= 15 is 0 Å². The maximum absolute atomic E-state index is 12.3. The minimum absolute atomic E-state index is 0.200. The van der Waals surface area contributed by atoms with E-state index in [1.54, 1.807) is 0 Å². The second kappa shape index (κ2) is 8.62. The Hall–Kier alpha value is -2.64. The van der Waals surface area contributed by atoms with Crippen molar-refractivity contribution in [2.75, 3.05) is 0 Å². The lowest BCUT2D eigenvalue weighted by molar-refractivity contribution is -0.127. The molecule has 3 rings (SSSR count). The Bertz CT molecular complexity index is 881. The summed E-state index contributed by atoms with van der Waals surface area (Å²) in [6.07, 6.45) is 0.519. The first kappa shape index (κ1) is 22.1. The average Bonchev–Trinajstić information content (AvgIpc) is 2.90. The van der Waals surface area contributed by atoms with Crippen LogP contribution in [0.5, 0.6) is 0 Å². The lowest BCUT2D eigenvalue weighted by Crippen LogP contribution is -2.46. The lowest BCUT2D eigenvalue weighted by atomic mass is 9.78. The highest BCUT2D eigenvalue weighted by Gasteiger charge is 2.51. The van der Waals surface area contributed by atoms with Gasteiger partial charge in [-0.05, 0) is 44.3 Å². The molecule has 1 fully saturated rings. The van der Waals surface area contributed by atoms with E-state index in [0.29, 0.717) is 6.42 Å². The van der Waals surface area contributed by atoms with Crippen molar-refractivity contribution < 1.29 is 18.9 Å². The maximum Gasteiger partial charge on any atom is 0.494 e. The largest absolute Gasteiger partial charge is 0.494 e. The molecule has 1 heterocycles. The van der Waals surface area contributed by atoms with Crippen molar-refractivity contribution in [3.05, 3.63) is 65.7 Å². The van der Waals surface area contributed by atoms with Gasteiger partial charge < -0.3 is 20.4 Å². The first-order valence-electron chi connectivity index (χ1n) is 10.1. The summed E-state index contributed by atoms with van der Waals surface area (Å²) in [5, 5.41) is 2.74. The zero-order chi connectivity index (χ0) is 21.9. The molecule has 0 radical (unpaired) electrons. The Labute approximate surface area is 178 Å². The third kappa shape index (κ3) is 5.09. The average molecular weight is 408 g/mol. The van der Waals surface area contributed by atoms with Gasteiger partial charge in [-0.3, -0.25) is 9.59 Å². The first-order valence-corrected chi connectivity index (χ1v) is 10.1. The molecule has 30 heavy (non-hydrogen) atoms. The van der Waals surface area contributed by atoms with E-state index in [4.69, 9.17) is 15.0 Å². The fourth-order valence-corrected chi connectivity index (χ4v) is 3.28. The monoisotopic (exact) mass is 408 g/mol. The van der Waals surface area contributed by atoms with Gasteiger partial charge in [-0.1, -0.05) is 54.6 Å². The molecule has 1 saturated heterocycles. The van der Waals surface area contributed by atoms with Crippen LogP contribution in [0.25, 0.3) is 0 Å². The number of hydrogen-bond donors (Lipinski definition) is 2. The summed E-state index contributed by atoms with van der Waals surface area (Å²) in [7, 11) is -0.443. The van der Waals surface area contributed by atoms with Crippen LogP contribution in [-0.2, 0) is 31.7 Å². The summed E-state index contributed by atoms with van der Waals surface area (Å²) in [4.78, 5) is 24.2. The molecule has 7 heteroatoms. The fraction of sp³-hybridized carbons (Fsp3) is 0.391. The van der Waals surface area contributed by atoms with Crippen LogP contribution in [-0.4, -0.2) is 36.2 Å². The number of nitrogens with two attached hydrogens (primary N) is 1. The third-order valence-electron chi connectivity index (χ3n) is 5.83. The smallest absolute Gasteiger partial charge is 0.399 e. The lowest BCUT2D eigenvalue weighted by Gasteiger charge is -2.32.